The fraction of sp³-hybridized carbons (Fsp3) is 0.286. The highest BCUT2D eigenvalue weighted by molar-refractivity contribution is 6.64. The van der Waals surface area contributed by atoms with Gasteiger partial charge in [0, 0.05) is 6.21 Å². The van der Waals surface area contributed by atoms with E-state index in [0.29, 0.717) is 0 Å². The van der Waals surface area contributed by atoms with Crippen molar-refractivity contribution in [3.63, 3.8) is 0 Å². The van der Waals surface area contributed by atoms with E-state index in [1.165, 1.54) is 25.1 Å². The number of para-hydroxylation sites is 2. The number of ketones is 1. The van der Waals surface area contributed by atoms with Crippen molar-refractivity contribution in [3.05, 3.63) is 24.3 Å². The van der Waals surface area contributed by atoms with Gasteiger partial charge in [-0.25, -0.2) is 4.79 Å². The monoisotopic (exact) mass is 312 g/mol. The number of nitrogens with one attached hydrogen (secondary N) is 1. The molecule has 0 saturated carbocycles. The summed E-state index contributed by atoms with van der Waals surface area (Å²) in [5.41, 5.74) is -0.703. The first-order valence-electron chi connectivity index (χ1n) is 6.16. The van der Waals surface area contributed by atoms with Crippen molar-refractivity contribution in [2.45, 2.75) is 13.5 Å². The molecule has 1 unspecified atom stereocenters. The number of aliphatic imine (C=N–C) groups is 1. The molecule has 1 atom stereocenters. The Kier molecular flexibility index (Phi) is 6.30. The molecule has 0 amide bonds. The molecule has 6 nitrogen and oxygen atoms in total. The highest BCUT2D eigenvalue weighted by Crippen LogP contribution is 2.28. The van der Waals surface area contributed by atoms with Crippen molar-refractivity contribution in [2.24, 2.45) is 10.9 Å². The van der Waals surface area contributed by atoms with Gasteiger partial charge in [-0.3, -0.25) is 15.2 Å². The molecule has 0 saturated heterocycles. The second kappa shape index (κ2) is 7.96. The van der Waals surface area contributed by atoms with E-state index in [1.54, 1.807) is 6.07 Å². The number of hydrogen-bond acceptors (Lipinski definition) is 6. The van der Waals surface area contributed by atoms with Gasteiger partial charge in [-0.1, -0.05) is 19.1 Å². The topological polar surface area (TPSA) is 88.8 Å². The van der Waals surface area contributed by atoms with Crippen molar-refractivity contribution >= 4 is 29.4 Å². The third-order valence-corrected chi connectivity index (χ3v) is 2.57. The first kappa shape index (κ1) is 17.4. The molecule has 1 aromatic carbocycles. The summed E-state index contributed by atoms with van der Waals surface area (Å²) >= 11 is 0. The molecule has 22 heavy (non-hydrogen) atoms. The summed E-state index contributed by atoms with van der Waals surface area (Å²) in [7, 11) is 1.06. The standard InChI is InChI=1S/C14H14F2N2O4/c1-8(12(19)11(17)13(20)21-2)7-18-9-5-3-4-6-10(9)22-14(15)16/h3-8,14,17H,1-2H3. The number of benzene rings is 1. The summed E-state index contributed by atoms with van der Waals surface area (Å²) < 4.78 is 33.1. The second-order valence-electron chi connectivity index (χ2n) is 4.14. The number of ether oxygens (including phenoxy) is 2. The lowest BCUT2D eigenvalue weighted by molar-refractivity contribution is -0.133. The van der Waals surface area contributed by atoms with Crippen LogP contribution in [0.1, 0.15) is 6.92 Å². The van der Waals surface area contributed by atoms with E-state index >= 15 is 0 Å². The molecule has 0 aliphatic heterocycles. The Morgan fingerprint density at radius 3 is 2.55 bits per heavy atom. The van der Waals surface area contributed by atoms with Crippen molar-refractivity contribution in [2.75, 3.05) is 7.11 Å². The van der Waals surface area contributed by atoms with E-state index in [2.05, 4.69) is 14.5 Å². The van der Waals surface area contributed by atoms with Gasteiger partial charge >= 0.3 is 12.6 Å². The van der Waals surface area contributed by atoms with Gasteiger partial charge in [0.25, 0.3) is 0 Å². The van der Waals surface area contributed by atoms with Crippen LogP contribution in [-0.4, -0.2) is 37.4 Å². The van der Waals surface area contributed by atoms with Gasteiger partial charge in [0.2, 0.25) is 0 Å². The van der Waals surface area contributed by atoms with Crippen LogP contribution >= 0.6 is 0 Å². The second-order valence-corrected chi connectivity index (χ2v) is 4.14. The summed E-state index contributed by atoms with van der Waals surface area (Å²) in [6.07, 6.45) is 1.15. The van der Waals surface area contributed by atoms with Crippen LogP contribution in [-0.2, 0) is 14.3 Å². The number of halogens is 2. The Morgan fingerprint density at radius 2 is 1.95 bits per heavy atom. The first-order chi connectivity index (χ1) is 10.4. The molecule has 1 N–H and O–H groups in total. The van der Waals surface area contributed by atoms with E-state index in [0.717, 1.165) is 13.3 Å². The zero-order valence-corrected chi connectivity index (χ0v) is 11.9. The Hall–Kier alpha value is -2.64. The molecule has 0 aliphatic carbocycles. The Morgan fingerprint density at radius 1 is 1.32 bits per heavy atom. The van der Waals surface area contributed by atoms with Crippen LogP contribution in [0.4, 0.5) is 14.5 Å². The van der Waals surface area contributed by atoms with Crippen LogP contribution in [0.3, 0.4) is 0 Å². The molecule has 0 spiro atoms. The normalized spacial score (nSPS) is 12.2. The molecule has 8 heteroatoms. The molecule has 0 aliphatic rings. The van der Waals surface area contributed by atoms with Gasteiger partial charge in [-0.15, -0.1) is 0 Å². The lowest BCUT2D eigenvalue weighted by Gasteiger charge is -2.08. The maximum atomic E-state index is 12.3. The Labute approximate surface area is 125 Å². The number of alkyl halides is 2. The van der Waals surface area contributed by atoms with E-state index < -0.39 is 30.0 Å². The van der Waals surface area contributed by atoms with E-state index in [1.807, 2.05) is 0 Å². The molecule has 0 bridgehead atoms. The number of carbonyl (C=O) groups is 2. The van der Waals surface area contributed by atoms with Crippen molar-refractivity contribution in [1.29, 1.82) is 5.41 Å². The Balaban J connectivity index is 2.86. The minimum absolute atomic E-state index is 0.104. The van der Waals surface area contributed by atoms with Gasteiger partial charge in [0.15, 0.2) is 17.2 Å². The largest absolute Gasteiger partial charge is 0.464 e. The van der Waals surface area contributed by atoms with Gasteiger partial charge in [-0.2, -0.15) is 8.78 Å². The molecular weight excluding hydrogens is 298 g/mol. The number of methoxy groups -OCH3 is 1. The average Bonchev–Trinajstić information content (AvgIpc) is 2.50. The van der Waals surface area contributed by atoms with E-state index in [-0.39, 0.29) is 11.4 Å². The molecule has 1 aromatic rings. The smallest absolute Gasteiger partial charge is 0.387 e. The third-order valence-electron chi connectivity index (χ3n) is 2.57. The predicted molar refractivity (Wildman–Crippen MR) is 75.1 cm³/mol. The molecule has 0 heterocycles. The van der Waals surface area contributed by atoms with Crippen LogP contribution in [0.25, 0.3) is 0 Å². The number of rotatable bonds is 7. The zero-order chi connectivity index (χ0) is 16.7. The van der Waals surface area contributed by atoms with Crippen molar-refractivity contribution < 1.29 is 27.8 Å². The minimum Gasteiger partial charge on any atom is -0.464 e. The molecule has 0 radical (unpaired) electrons. The number of Topliss-reactive ketones (excluding diaryl/α,β-unsaturated/α-hetero) is 1. The summed E-state index contributed by atoms with van der Waals surface area (Å²) in [5, 5.41) is 7.34. The van der Waals surface area contributed by atoms with Crippen molar-refractivity contribution in [1.82, 2.24) is 0 Å². The molecular formula is C14H14F2N2O4. The highest BCUT2D eigenvalue weighted by Gasteiger charge is 2.23. The fourth-order valence-electron chi connectivity index (χ4n) is 1.45. The van der Waals surface area contributed by atoms with Gasteiger partial charge in [0.05, 0.1) is 13.0 Å². The summed E-state index contributed by atoms with van der Waals surface area (Å²) in [6.45, 7) is -1.58. The molecule has 0 aromatic heterocycles. The third kappa shape index (κ3) is 4.72. The number of hydrogen-bond donors (Lipinski definition) is 1. The van der Waals surface area contributed by atoms with Gasteiger partial charge in [-0.05, 0) is 12.1 Å². The van der Waals surface area contributed by atoms with E-state index in [9.17, 15) is 18.4 Å². The lowest BCUT2D eigenvalue weighted by Crippen LogP contribution is -2.29. The SMILES string of the molecule is COC(=O)C(=N)C(=O)C(C)C=Nc1ccccc1OC(F)F. The quantitative estimate of drug-likeness (QED) is 0.475. The number of carbonyl (C=O) groups excluding carboxylic acids is 2. The summed E-state index contributed by atoms with van der Waals surface area (Å²) in [6, 6.07) is 5.80. The van der Waals surface area contributed by atoms with Crippen molar-refractivity contribution in [3.8, 4) is 5.75 Å². The van der Waals surface area contributed by atoms with Crippen LogP contribution in [0, 0.1) is 11.3 Å². The summed E-state index contributed by atoms with van der Waals surface area (Å²) in [5.74, 6) is -2.88. The van der Waals surface area contributed by atoms with Crippen LogP contribution in [0.2, 0.25) is 0 Å². The van der Waals surface area contributed by atoms with Crippen LogP contribution < -0.4 is 4.74 Å². The number of esters is 1. The fourth-order valence-corrected chi connectivity index (χ4v) is 1.45. The Bertz CT molecular complexity index is 602. The average molecular weight is 312 g/mol. The van der Waals surface area contributed by atoms with E-state index in [4.69, 9.17) is 5.41 Å². The predicted octanol–water partition coefficient (Wildman–Crippen LogP) is 2.39. The van der Waals surface area contributed by atoms with Gasteiger partial charge < -0.3 is 9.47 Å². The zero-order valence-electron chi connectivity index (χ0n) is 11.9. The molecule has 1 rings (SSSR count). The molecule has 0 fully saturated rings. The van der Waals surface area contributed by atoms with Gasteiger partial charge in [0.1, 0.15) is 5.69 Å². The first-order valence-corrected chi connectivity index (χ1v) is 6.16. The molecule has 118 valence electrons. The van der Waals surface area contributed by atoms with Crippen LogP contribution in [0.15, 0.2) is 29.3 Å². The maximum absolute atomic E-state index is 12.3. The summed E-state index contributed by atoms with van der Waals surface area (Å²) in [4.78, 5) is 26.7. The number of nitrogens with zero attached hydrogens (tertiary/aromatic N) is 1. The lowest BCUT2D eigenvalue weighted by atomic mass is 10.0. The minimum atomic E-state index is -3.00. The van der Waals surface area contributed by atoms with Crippen LogP contribution in [0.5, 0.6) is 5.75 Å². The highest BCUT2D eigenvalue weighted by atomic mass is 19.3. The maximum Gasteiger partial charge on any atom is 0.387 e.